The average molecular weight is 138 g/mol. The van der Waals surface area contributed by atoms with Crippen molar-refractivity contribution >= 4 is 11.8 Å². The number of hydrogen-bond acceptors (Lipinski definition) is 1. The van der Waals surface area contributed by atoms with Gasteiger partial charge in [-0.15, -0.1) is 11.8 Å². The van der Waals surface area contributed by atoms with Crippen molar-refractivity contribution in [2.75, 3.05) is 6.26 Å². The quantitative estimate of drug-likeness (QED) is 0.537. The molecule has 48 valence electrons. The van der Waals surface area contributed by atoms with Crippen molar-refractivity contribution in [2.45, 2.75) is 6.42 Å². The highest BCUT2D eigenvalue weighted by atomic mass is 32.2. The molecule has 0 nitrogen and oxygen atoms in total. The maximum absolute atomic E-state index is 2.23. The molecular weight excluding hydrogens is 128 g/mol. The molecule has 0 amide bonds. The van der Waals surface area contributed by atoms with Gasteiger partial charge in [-0.25, -0.2) is 0 Å². The first-order valence-corrected chi connectivity index (χ1v) is 4.23. The van der Waals surface area contributed by atoms with E-state index in [0.717, 1.165) is 6.42 Å². The van der Waals surface area contributed by atoms with Crippen molar-refractivity contribution < 1.29 is 0 Å². The van der Waals surface area contributed by atoms with E-state index in [1.54, 1.807) is 11.8 Å². The van der Waals surface area contributed by atoms with E-state index in [2.05, 4.69) is 36.6 Å². The highest BCUT2D eigenvalue weighted by Crippen LogP contribution is 2.15. The zero-order chi connectivity index (χ0) is 6.53. The lowest BCUT2D eigenvalue weighted by Crippen LogP contribution is -1.64. The zero-order valence-corrected chi connectivity index (χ0v) is 6.32. The second-order valence-corrected chi connectivity index (χ2v) is 2.71. The highest BCUT2D eigenvalue weighted by Gasteiger charge is 1.87. The minimum atomic E-state index is 1.07. The van der Waals surface area contributed by atoms with Crippen molar-refractivity contribution in [2.24, 2.45) is 0 Å². The molecule has 0 aromatic carbocycles. The Hall–Kier alpha value is -0.430. The van der Waals surface area contributed by atoms with E-state index in [9.17, 15) is 0 Å². The first-order chi connectivity index (χ1) is 4.43. The number of hydrogen-bond donors (Lipinski definition) is 0. The summed E-state index contributed by atoms with van der Waals surface area (Å²) in [7, 11) is 0. The summed E-state index contributed by atoms with van der Waals surface area (Å²) in [5, 5.41) is 0. The lowest BCUT2D eigenvalue weighted by Gasteiger charge is -1.90. The lowest BCUT2D eigenvalue weighted by molar-refractivity contribution is 1.40. The van der Waals surface area contributed by atoms with E-state index in [-0.39, 0.29) is 0 Å². The largest absolute Gasteiger partial charge is 0.130 e. The van der Waals surface area contributed by atoms with Crippen LogP contribution in [0.2, 0.25) is 0 Å². The van der Waals surface area contributed by atoms with Gasteiger partial charge in [0.25, 0.3) is 0 Å². The predicted octanol–water partition coefficient (Wildman–Crippen LogP) is 2.75. The Morgan fingerprint density at radius 3 is 3.11 bits per heavy atom. The Morgan fingerprint density at radius 2 is 2.33 bits per heavy atom. The third kappa shape index (κ3) is 2.10. The Kier molecular flexibility index (Phi) is 2.65. The molecule has 0 atom stereocenters. The third-order valence-corrected chi connectivity index (χ3v) is 1.97. The summed E-state index contributed by atoms with van der Waals surface area (Å²) in [4.78, 5) is 1.36. The van der Waals surface area contributed by atoms with Crippen LogP contribution in [0.3, 0.4) is 0 Å². The fourth-order valence-electron chi connectivity index (χ4n) is 0.711. The van der Waals surface area contributed by atoms with E-state index in [1.807, 2.05) is 0 Å². The fraction of sp³-hybridized carbons (Fsp3) is 0.250. The molecule has 0 fully saturated rings. The SMILES string of the molecule is CSC1=CCC=CC=C1. The fourth-order valence-corrected chi connectivity index (χ4v) is 1.19. The van der Waals surface area contributed by atoms with E-state index in [4.69, 9.17) is 0 Å². The van der Waals surface area contributed by atoms with E-state index >= 15 is 0 Å². The standard InChI is InChI=1S/C8H10S/c1-9-8-6-4-2-3-5-7-8/h2-4,6-7H,5H2,1H3. The number of thioether (sulfide) groups is 1. The van der Waals surface area contributed by atoms with E-state index < -0.39 is 0 Å². The Bertz CT molecular complexity index is 163. The van der Waals surface area contributed by atoms with Crippen molar-refractivity contribution in [3.05, 3.63) is 35.3 Å². The molecule has 0 N–H and O–H groups in total. The molecule has 0 radical (unpaired) electrons. The molecule has 0 aromatic heterocycles. The van der Waals surface area contributed by atoms with Gasteiger partial charge in [0.15, 0.2) is 0 Å². The Labute approximate surface area is 60.3 Å². The molecule has 0 spiro atoms. The van der Waals surface area contributed by atoms with Gasteiger partial charge in [0.05, 0.1) is 0 Å². The molecule has 9 heavy (non-hydrogen) atoms. The van der Waals surface area contributed by atoms with Crippen LogP contribution in [0.15, 0.2) is 35.3 Å². The van der Waals surface area contributed by atoms with Gasteiger partial charge in [-0.1, -0.05) is 24.3 Å². The summed E-state index contributed by atoms with van der Waals surface area (Å²) in [5.41, 5.74) is 0. The van der Waals surface area contributed by atoms with Crippen LogP contribution >= 0.6 is 11.8 Å². The van der Waals surface area contributed by atoms with E-state index in [0.29, 0.717) is 0 Å². The maximum Gasteiger partial charge on any atom is 0.00323 e. The van der Waals surface area contributed by atoms with Gasteiger partial charge in [-0.3, -0.25) is 0 Å². The van der Waals surface area contributed by atoms with Gasteiger partial charge in [-0.2, -0.15) is 0 Å². The van der Waals surface area contributed by atoms with Gasteiger partial charge >= 0.3 is 0 Å². The number of allylic oxidation sites excluding steroid dienone is 5. The van der Waals surface area contributed by atoms with Gasteiger partial charge < -0.3 is 0 Å². The van der Waals surface area contributed by atoms with Crippen LogP contribution in [0.5, 0.6) is 0 Å². The molecule has 0 heterocycles. The molecule has 0 aliphatic heterocycles. The van der Waals surface area contributed by atoms with Gasteiger partial charge in [0.2, 0.25) is 0 Å². The topological polar surface area (TPSA) is 0 Å². The van der Waals surface area contributed by atoms with Crippen LogP contribution in [0.25, 0.3) is 0 Å². The molecule has 0 saturated carbocycles. The molecule has 0 unspecified atom stereocenters. The van der Waals surface area contributed by atoms with Gasteiger partial charge in [0, 0.05) is 4.91 Å². The summed E-state index contributed by atoms with van der Waals surface area (Å²) in [6.07, 6.45) is 13.8. The second-order valence-electron chi connectivity index (χ2n) is 1.83. The molecule has 1 aliphatic rings. The summed E-state index contributed by atoms with van der Waals surface area (Å²) in [6.45, 7) is 0. The third-order valence-electron chi connectivity index (χ3n) is 1.20. The van der Waals surface area contributed by atoms with Crippen molar-refractivity contribution in [1.82, 2.24) is 0 Å². The Morgan fingerprint density at radius 1 is 1.44 bits per heavy atom. The zero-order valence-electron chi connectivity index (χ0n) is 5.50. The smallest absolute Gasteiger partial charge is 0.00323 e. The molecule has 1 aliphatic carbocycles. The summed E-state index contributed by atoms with van der Waals surface area (Å²) >= 11 is 1.79. The molecule has 0 bridgehead atoms. The monoisotopic (exact) mass is 138 g/mol. The van der Waals surface area contributed by atoms with Crippen LogP contribution in [0, 0.1) is 0 Å². The Balaban J connectivity index is 2.63. The van der Waals surface area contributed by atoms with Crippen molar-refractivity contribution in [3.8, 4) is 0 Å². The van der Waals surface area contributed by atoms with E-state index in [1.165, 1.54) is 4.91 Å². The molecule has 0 aromatic rings. The number of rotatable bonds is 1. The van der Waals surface area contributed by atoms with Gasteiger partial charge in [-0.05, 0) is 18.8 Å². The van der Waals surface area contributed by atoms with Crippen LogP contribution < -0.4 is 0 Å². The van der Waals surface area contributed by atoms with Crippen LogP contribution in [-0.2, 0) is 0 Å². The molecular formula is C8H10S. The van der Waals surface area contributed by atoms with Crippen LogP contribution in [0.1, 0.15) is 6.42 Å². The summed E-state index contributed by atoms with van der Waals surface area (Å²) in [5.74, 6) is 0. The molecule has 1 rings (SSSR count). The first kappa shape index (κ1) is 6.69. The average Bonchev–Trinajstić information content (AvgIpc) is 2.13. The first-order valence-electron chi connectivity index (χ1n) is 3.01. The highest BCUT2D eigenvalue weighted by molar-refractivity contribution is 8.02. The minimum absolute atomic E-state index is 1.07. The summed E-state index contributed by atoms with van der Waals surface area (Å²) in [6, 6.07) is 0. The van der Waals surface area contributed by atoms with Gasteiger partial charge in [0.1, 0.15) is 0 Å². The maximum atomic E-state index is 2.23. The molecule has 0 saturated heterocycles. The predicted molar refractivity (Wildman–Crippen MR) is 44.5 cm³/mol. The second kappa shape index (κ2) is 3.57. The van der Waals surface area contributed by atoms with Crippen molar-refractivity contribution in [3.63, 3.8) is 0 Å². The normalized spacial score (nSPS) is 17.2. The minimum Gasteiger partial charge on any atom is -0.130 e. The van der Waals surface area contributed by atoms with Crippen LogP contribution in [0.4, 0.5) is 0 Å². The summed E-state index contributed by atoms with van der Waals surface area (Å²) < 4.78 is 0. The van der Waals surface area contributed by atoms with Crippen molar-refractivity contribution in [1.29, 1.82) is 0 Å². The molecule has 1 heteroatoms. The lowest BCUT2D eigenvalue weighted by atomic mass is 10.4. The van der Waals surface area contributed by atoms with Crippen LogP contribution in [-0.4, -0.2) is 6.26 Å².